The van der Waals surface area contributed by atoms with Gasteiger partial charge in [-0.1, -0.05) is 18.2 Å². The molecule has 0 aliphatic heterocycles. The number of esters is 1. The second-order valence-corrected chi connectivity index (χ2v) is 5.56. The number of rotatable bonds is 9. The van der Waals surface area contributed by atoms with Crippen LogP contribution >= 0.6 is 0 Å². The van der Waals surface area contributed by atoms with Crippen molar-refractivity contribution in [2.45, 2.75) is 13.3 Å². The highest BCUT2D eigenvalue weighted by Gasteiger charge is 2.07. The molecular formula is C20H24N2O4. The van der Waals surface area contributed by atoms with Gasteiger partial charge in [-0.25, -0.2) is 4.79 Å². The smallest absolute Gasteiger partial charge is 0.338 e. The van der Waals surface area contributed by atoms with E-state index in [9.17, 15) is 9.59 Å². The fraction of sp³-hybridized carbons (Fsp3) is 0.300. The van der Waals surface area contributed by atoms with Crippen molar-refractivity contribution in [1.82, 2.24) is 5.32 Å². The lowest BCUT2D eigenvalue weighted by Crippen LogP contribution is -2.31. The van der Waals surface area contributed by atoms with Gasteiger partial charge in [-0.15, -0.1) is 0 Å². The second kappa shape index (κ2) is 10.1. The van der Waals surface area contributed by atoms with Crippen LogP contribution in [0.5, 0.6) is 5.75 Å². The van der Waals surface area contributed by atoms with Crippen molar-refractivity contribution in [1.29, 1.82) is 0 Å². The van der Waals surface area contributed by atoms with E-state index in [-0.39, 0.29) is 18.4 Å². The molecule has 6 heteroatoms. The molecule has 2 rings (SSSR count). The van der Waals surface area contributed by atoms with Crippen LogP contribution in [0.3, 0.4) is 0 Å². The van der Waals surface area contributed by atoms with E-state index < -0.39 is 0 Å². The van der Waals surface area contributed by atoms with E-state index in [0.29, 0.717) is 25.1 Å². The molecule has 0 atom stereocenters. The SMILES string of the molecule is CCOC(=O)c1ccc(NCC(=O)NCCc2ccccc2OC)cc1. The summed E-state index contributed by atoms with van der Waals surface area (Å²) in [4.78, 5) is 23.5. The Kier molecular flexibility index (Phi) is 7.49. The molecule has 2 aromatic carbocycles. The van der Waals surface area contributed by atoms with Crippen LogP contribution in [0.25, 0.3) is 0 Å². The molecule has 0 aliphatic rings. The number of hydrogen-bond acceptors (Lipinski definition) is 5. The lowest BCUT2D eigenvalue weighted by atomic mass is 10.1. The number of methoxy groups -OCH3 is 1. The van der Waals surface area contributed by atoms with Crippen LogP contribution in [0.2, 0.25) is 0 Å². The Balaban J connectivity index is 1.74. The van der Waals surface area contributed by atoms with Gasteiger partial charge >= 0.3 is 5.97 Å². The fourth-order valence-electron chi connectivity index (χ4n) is 2.43. The maximum absolute atomic E-state index is 11.9. The third-order valence-corrected chi connectivity index (χ3v) is 3.76. The quantitative estimate of drug-likeness (QED) is 0.676. The highest BCUT2D eigenvalue weighted by Crippen LogP contribution is 2.17. The third-order valence-electron chi connectivity index (χ3n) is 3.76. The Morgan fingerprint density at radius 2 is 1.77 bits per heavy atom. The van der Waals surface area contributed by atoms with Crippen LogP contribution in [0.15, 0.2) is 48.5 Å². The Hall–Kier alpha value is -3.02. The molecular weight excluding hydrogens is 332 g/mol. The number of hydrogen-bond donors (Lipinski definition) is 2. The minimum Gasteiger partial charge on any atom is -0.496 e. The van der Waals surface area contributed by atoms with Gasteiger partial charge in [0.05, 0.1) is 25.8 Å². The average Bonchev–Trinajstić information content (AvgIpc) is 2.67. The van der Waals surface area contributed by atoms with Crippen molar-refractivity contribution in [2.75, 3.05) is 32.1 Å². The van der Waals surface area contributed by atoms with Crippen molar-refractivity contribution < 1.29 is 19.1 Å². The minimum absolute atomic E-state index is 0.102. The molecule has 6 nitrogen and oxygen atoms in total. The molecule has 2 aromatic rings. The molecule has 0 unspecified atom stereocenters. The number of para-hydroxylation sites is 1. The zero-order chi connectivity index (χ0) is 18.8. The number of amides is 1. The number of carbonyl (C=O) groups excluding carboxylic acids is 2. The van der Waals surface area contributed by atoms with Gasteiger partial charge in [0.1, 0.15) is 5.75 Å². The van der Waals surface area contributed by atoms with Crippen molar-refractivity contribution >= 4 is 17.6 Å². The predicted molar refractivity (Wildman–Crippen MR) is 101 cm³/mol. The summed E-state index contributed by atoms with van der Waals surface area (Å²) in [5, 5.41) is 5.89. The van der Waals surface area contributed by atoms with E-state index in [1.165, 1.54) is 0 Å². The van der Waals surface area contributed by atoms with Crippen molar-refractivity contribution in [3.05, 3.63) is 59.7 Å². The lowest BCUT2D eigenvalue weighted by Gasteiger charge is -2.10. The summed E-state index contributed by atoms with van der Waals surface area (Å²) < 4.78 is 10.2. The summed E-state index contributed by atoms with van der Waals surface area (Å²) in [5.74, 6) is 0.365. The molecule has 0 fully saturated rings. The number of anilines is 1. The van der Waals surface area contributed by atoms with Gasteiger partial charge in [-0.3, -0.25) is 4.79 Å². The van der Waals surface area contributed by atoms with Crippen LogP contribution in [-0.4, -0.2) is 38.7 Å². The van der Waals surface area contributed by atoms with Gasteiger partial charge in [0.2, 0.25) is 5.91 Å². The van der Waals surface area contributed by atoms with E-state index in [0.717, 1.165) is 17.0 Å². The Morgan fingerprint density at radius 1 is 1.04 bits per heavy atom. The van der Waals surface area contributed by atoms with Crippen LogP contribution < -0.4 is 15.4 Å². The molecule has 0 saturated carbocycles. The van der Waals surface area contributed by atoms with E-state index >= 15 is 0 Å². The van der Waals surface area contributed by atoms with E-state index in [4.69, 9.17) is 9.47 Å². The largest absolute Gasteiger partial charge is 0.496 e. The first kappa shape index (κ1) is 19.3. The number of ether oxygens (including phenoxy) is 2. The van der Waals surface area contributed by atoms with Crippen LogP contribution in [0.4, 0.5) is 5.69 Å². The first-order valence-electron chi connectivity index (χ1n) is 8.53. The molecule has 0 spiro atoms. The number of carbonyl (C=O) groups is 2. The first-order valence-corrected chi connectivity index (χ1v) is 8.53. The van der Waals surface area contributed by atoms with Crippen LogP contribution in [0, 0.1) is 0 Å². The summed E-state index contributed by atoms with van der Waals surface area (Å²) in [7, 11) is 1.63. The topological polar surface area (TPSA) is 76.7 Å². The summed E-state index contributed by atoms with van der Waals surface area (Å²) in [6, 6.07) is 14.6. The molecule has 0 saturated heterocycles. The molecule has 0 aromatic heterocycles. The average molecular weight is 356 g/mol. The van der Waals surface area contributed by atoms with Crippen molar-refractivity contribution in [3.8, 4) is 5.75 Å². The zero-order valence-electron chi connectivity index (χ0n) is 15.1. The third kappa shape index (κ3) is 5.81. The number of benzene rings is 2. The normalized spacial score (nSPS) is 10.1. The lowest BCUT2D eigenvalue weighted by molar-refractivity contribution is -0.119. The Bertz CT molecular complexity index is 729. The second-order valence-electron chi connectivity index (χ2n) is 5.56. The highest BCUT2D eigenvalue weighted by molar-refractivity contribution is 5.90. The molecule has 0 radical (unpaired) electrons. The molecule has 138 valence electrons. The van der Waals surface area contributed by atoms with Gasteiger partial charge in [0, 0.05) is 12.2 Å². The standard InChI is InChI=1S/C20H24N2O4/c1-3-26-20(24)16-8-10-17(11-9-16)22-14-19(23)21-13-12-15-6-4-5-7-18(15)25-2/h4-11,22H,3,12-14H2,1-2H3,(H,21,23). The summed E-state index contributed by atoms with van der Waals surface area (Å²) in [5.41, 5.74) is 2.30. The predicted octanol–water partition coefficient (Wildman–Crippen LogP) is 2.64. The van der Waals surface area contributed by atoms with Gasteiger partial charge in [-0.05, 0) is 49.2 Å². The van der Waals surface area contributed by atoms with Crippen molar-refractivity contribution in [3.63, 3.8) is 0 Å². The van der Waals surface area contributed by atoms with Gasteiger partial charge in [0.25, 0.3) is 0 Å². The Labute approximate surface area is 153 Å². The summed E-state index contributed by atoms with van der Waals surface area (Å²) >= 11 is 0. The first-order chi connectivity index (χ1) is 12.6. The van der Waals surface area contributed by atoms with Gasteiger partial charge in [0.15, 0.2) is 0 Å². The van der Waals surface area contributed by atoms with E-state index in [2.05, 4.69) is 10.6 Å². The monoisotopic (exact) mass is 356 g/mol. The van der Waals surface area contributed by atoms with Crippen molar-refractivity contribution in [2.24, 2.45) is 0 Å². The van der Waals surface area contributed by atoms with Gasteiger partial charge < -0.3 is 20.1 Å². The van der Waals surface area contributed by atoms with Crippen LogP contribution in [-0.2, 0) is 16.0 Å². The minimum atomic E-state index is -0.354. The van der Waals surface area contributed by atoms with E-state index in [1.807, 2.05) is 24.3 Å². The maximum atomic E-state index is 11.9. The van der Waals surface area contributed by atoms with Gasteiger partial charge in [-0.2, -0.15) is 0 Å². The molecule has 0 bridgehead atoms. The summed E-state index contributed by atoms with van der Waals surface area (Å²) in [6.45, 7) is 2.79. The fourth-order valence-corrected chi connectivity index (χ4v) is 2.43. The number of nitrogens with one attached hydrogen (secondary N) is 2. The van der Waals surface area contributed by atoms with Crippen LogP contribution in [0.1, 0.15) is 22.8 Å². The molecule has 1 amide bonds. The molecule has 0 heterocycles. The molecule has 0 aliphatic carbocycles. The maximum Gasteiger partial charge on any atom is 0.338 e. The molecule has 2 N–H and O–H groups in total. The Morgan fingerprint density at radius 3 is 2.46 bits per heavy atom. The zero-order valence-corrected chi connectivity index (χ0v) is 15.1. The summed E-state index contributed by atoms with van der Waals surface area (Å²) in [6.07, 6.45) is 0.698. The molecule has 26 heavy (non-hydrogen) atoms. The van der Waals surface area contributed by atoms with E-state index in [1.54, 1.807) is 38.3 Å². The highest BCUT2D eigenvalue weighted by atomic mass is 16.5.